The maximum atomic E-state index is 11.7. The van der Waals surface area contributed by atoms with Crippen molar-refractivity contribution in [2.75, 3.05) is 25.4 Å². The summed E-state index contributed by atoms with van der Waals surface area (Å²) in [6.07, 6.45) is 0. The van der Waals surface area contributed by atoms with Gasteiger partial charge in [-0.1, -0.05) is 20.8 Å². The Balaban J connectivity index is 2.53. The molecule has 0 saturated carbocycles. The quantitative estimate of drug-likeness (QED) is 0.745. The first-order chi connectivity index (χ1) is 6.24. The second-order valence-electron chi connectivity index (χ2n) is 5.18. The highest BCUT2D eigenvalue weighted by Gasteiger charge is 2.37. The molecular formula is C9H19NO3S. The van der Waals surface area contributed by atoms with E-state index in [1.165, 1.54) is 4.31 Å². The molecule has 84 valence electrons. The molecule has 1 saturated heterocycles. The van der Waals surface area contributed by atoms with Crippen LogP contribution < -0.4 is 0 Å². The van der Waals surface area contributed by atoms with Gasteiger partial charge in [-0.2, -0.15) is 0 Å². The van der Waals surface area contributed by atoms with Crippen molar-refractivity contribution in [1.82, 2.24) is 4.31 Å². The first kappa shape index (κ1) is 11.9. The van der Waals surface area contributed by atoms with Crippen LogP contribution in [0.1, 0.15) is 20.8 Å². The number of rotatable bonds is 3. The van der Waals surface area contributed by atoms with Crippen LogP contribution in [0.2, 0.25) is 0 Å². The van der Waals surface area contributed by atoms with Gasteiger partial charge in [0, 0.05) is 25.6 Å². The van der Waals surface area contributed by atoms with Gasteiger partial charge in [-0.15, -0.1) is 0 Å². The Morgan fingerprint density at radius 1 is 1.36 bits per heavy atom. The van der Waals surface area contributed by atoms with Crippen LogP contribution in [0, 0.1) is 11.3 Å². The molecule has 0 aromatic carbocycles. The zero-order chi connectivity index (χ0) is 11.0. The average molecular weight is 221 g/mol. The van der Waals surface area contributed by atoms with E-state index in [2.05, 4.69) is 0 Å². The van der Waals surface area contributed by atoms with Crippen LogP contribution in [0.4, 0.5) is 0 Å². The normalized spacial score (nSPS) is 20.9. The zero-order valence-electron chi connectivity index (χ0n) is 9.02. The molecule has 0 amide bonds. The monoisotopic (exact) mass is 221 g/mol. The van der Waals surface area contributed by atoms with Gasteiger partial charge < -0.3 is 5.11 Å². The summed E-state index contributed by atoms with van der Waals surface area (Å²) >= 11 is 0. The third-order valence-corrected chi connectivity index (χ3v) is 4.51. The summed E-state index contributed by atoms with van der Waals surface area (Å²) in [4.78, 5) is 0. The molecule has 0 atom stereocenters. The second-order valence-corrected chi connectivity index (χ2v) is 7.15. The average Bonchev–Trinajstić information content (AvgIpc) is 1.76. The maximum absolute atomic E-state index is 11.7. The fourth-order valence-electron chi connectivity index (χ4n) is 1.50. The van der Waals surface area contributed by atoms with Gasteiger partial charge in [0.1, 0.15) is 0 Å². The minimum atomic E-state index is -3.10. The Hall–Kier alpha value is -0.130. The van der Waals surface area contributed by atoms with E-state index >= 15 is 0 Å². The highest BCUT2D eigenvalue weighted by atomic mass is 32.2. The van der Waals surface area contributed by atoms with E-state index in [1.807, 2.05) is 20.8 Å². The number of aliphatic hydroxyl groups is 1. The number of sulfonamides is 1. The molecule has 0 aromatic heterocycles. The van der Waals surface area contributed by atoms with Crippen LogP contribution in [0.5, 0.6) is 0 Å². The molecule has 4 nitrogen and oxygen atoms in total. The van der Waals surface area contributed by atoms with Crippen LogP contribution in [0.15, 0.2) is 0 Å². The minimum absolute atomic E-state index is 0.0849. The molecule has 5 heteroatoms. The Morgan fingerprint density at radius 3 is 2.21 bits per heavy atom. The molecule has 0 aromatic rings. The van der Waals surface area contributed by atoms with E-state index in [-0.39, 0.29) is 23.7 Å². The molecule has 1 heterocycles. The standard InChI is InChI=1S/C9H19NO3S/c1-9(2,3)7-14(12,13)10-4-8(5-10)6-11/h8,11H,4-7H2,1-3H3. The molecule has 0 bridgehead atoms. The fraction of sp³-hybridized carbons (Fsp3) is 1.00. The third-order valence-electron chi connectivity index (χ3n) is 2.19. The van der Waals surface area contributed by atoms with Gasteiger partial charge in [0.15, 0.2) is 0 Å². The summed E-state index contributed by atoms with van der Waals surface area (Å²) in [6.45, 7) is 6.78. The number of hydrogen-bond donors (Lipinski definition) is 1. The minimum Gasteiger partial charge on any atom is -0.396 e. The third kappa shape index (κ3) is 2.93. The number of hydrogen-bond acceptors (Lipinski definition) is 3. The highest BCUT2D eigenvalue weighted by Crippen LogP contribution is 2.24. The Morgan fingerprint density at radius 2 is 1.86 bits per heavy atom. The van der Waals surface area contributed by atoms with E-state index in [4.69, 9.17) is 5.11 Å². The van der Waals surface area contributed by atoms with Gasteiger partial charge in [-0.3, -0.25) is 0 Å². The molecule has 1 rings (SSSR count). The number of aliphatic hydroxyl groups excluding tert-OH is 1. The first-order valence-electron chi connectivity index (χ1n) is 4.83. The summed E-state index contributed by atoms with van der Waals surface area (Å²) in [5.41, 5.74) is -0.205. The fourth-order valence-corrected chi connectivity index (χ4v) is 3.66. The van der Waals surface area contributed by atoms with Gasteiger partial charge in [0.2, 0.25) is 10.0 Å². The van der Waals surface area contributed by atoms with Crippen molar-refractivity contribution in [1.29, 1.82) is 0 Å². The van der Waals surface area contributed by atoms with Crippen LogP contribution >= 0.6 is 0 Å². The predicted molar refractivity (Wildman–Crippen MR) is 55.4 cm³/mol. The van der Waals surface area contributed by atoms with Gasteiger partial charge in [0.05, 0.1) is 5.75 Å². The molecule has 0 aliphatic carbocycles. The highest BCUT2D eigenvalue weighted by molar-refractivity contribution is 7.89. The van der Waals surface area contributed by atoms with Gasteiger partial charge >= 0.3 is 0 Å². The lowest BCUT2D eigenvalue weighted by Gasteiger charge is -2.38. The lowest BCUT2D eigenvalue weighted by molar-refractivity contribution is 0.116. The number of nitrogens with zero attached hydrogens (tertiary/aromatic N) is 1. The summed E-state index contributed by atoms with van der Waals surface area (Å²) in [6, 6.07) is 0. The van der Waals surface area contributed by atoms with Crippen molar-refractivity contribution < 1.29 is 13.5 Å². The van der Waals surface area contributed by atoms with E-state index in [0.717, 1.165) is 0 Å². The molecule has 0 unspecified atom stereocenters. The van der Waals surface area contributed by atoms with Crippen molar-refractivity contribution in [2.24, 2.45) is 11.3 Å². The summed E-state index contributed by atoms with van der Waals surface area (Å²) in [5, 5.41) is 8.78. The van der Waals surface area contributed by atoms with E-state index in [9.17, 15) is 8.42 Å². The van der Waals surface area contributed by atoms with Crippen LogP contribution in [-0.4, -0.2) is 43.3 Å². The summed E-state index contributed by atoms with van der Waals surface area (Å²) in [7, 11) is -3.10. The first-order valence-corrected chi connectivity index (χ1v) is 6.44. The topological polar surface area (TPSA) is 57.6 Å². The molecule has 1 N–H and O–H groups in total. The van der Waals surface area contributed by atoms with Crippen molar-refractivity contribution in [2.45, 2.75) is 20.8 Å². The van der Waals surface area contributed by atoms with Crippen LogP contribution in [0.25, 0.3) is 0 Å². The second kappa shape index (κ2) is 3.79. The largest absolute Gasteiger partial charge is 0.396 e. The molecule has 0 radical (unpaired) electrons. The summed E-state index contributed by atoms with van der Waals surface area (Å²) in [5.74, 6) is 0.322. The van der Waals surface area contributed by atoms with Gasteiger partial charge in [0.25, 0.3) is 0 Å². The van der Waals surface area contributed by atoms with Crippen LogP contribution in [-0.2, 0) is 10.0 Å². The van der Waals surface area contributed by atoms with Crippen molar-refractivity contribution in [3.63, 3.8) is 0 Å². The Labute approximate surface area is 86.0 Å². The van der Waals surface area contributed by atoms with Crippen molar-refractivity contribution >= 4 is 10.0 Å². The van der Waals surface area contributed by atoms with E-state index in [1.54, 1.807) is 0 Å². The van der Waals surface area contributed by atoms with Crippen molar-refractivity contribution in [3.8, 4) is 0 Å². The van der Waals surface area contributed by atoms with E-state index < -0.39 is 10.0 Å². The Bertz CT molecular complexity index is 286. The SMILES string of the molecule is CC(C)(C)CS(=O)(=O)N1CC(CO)C1. The van der Waals surface area contributed by atoms with Gasteiger partial charge in [-0.05, 0) is 5.41 Å². The van der Waals surface area contributed by atoms with Gasteiger partial charge in [-0.25, -0.2) is 12.7 Å². The smallest absolute Gasteiger partial charge is 0.214 e. The molecule has 1 aliphatic rings. The van der Waals surface area contributed by atoms with E-state index in [0.29, 0.717) is 13.1 Å². The Kier molecular flexibility index (Phi) is 3.23. The molecule has 0 spiro atoms. The molecule has 14 heavy (non-hydrogen) atoms. The zero-order valence-corrected chi connectivity index (χ0v) is 9.84. The predicted octanol–water partition coefficient (Wildman–Crippen LogP) is 0.286. The van der Waals surface area contributed by atoms with Crippen LogP contribution in [0.3, 0.4) is 0 Å². The van der Waals surface area contributed by atoms with Crippen molar-refractivity contribution in [3.05, 3.63) is 0 Å². The lowest BCUT2D eigenvalue weighted by Crippen LogP contribution is -2.52. The summed E-state index contributed by atoms with van der Waals surface area (Å²) < 4.78 is 24.9. The lowest BCUT2D eigenvalue weighted by atomic mass is 10.0. The molecular weight excluding hydrogens is 202 g/mol. The molecule has 1 fully saturated rings. The maximum Gasteiger partial charge on any atom is 0.214 e. The molecule has 1 aliphatic heterocycles.